The Hall–Kier alpha value is -1.16. The topological polar surface area (TPSA) is 26.0 Å². The molecular formula is C15H13Cl2F2N. The number of hydrogen-bond acceptors (Lipinski definition) is 1. The van der Waals surface area contributed by atoms with Crippen LogP contribution in [-0.4, -0.2) is 0 Å². The van der Waals surface area contributed by atoms with E-state index in [2.05, 4.69) is 0 Å². The van der Waals surface area contributed by atoms with E-state index in [1.165, 1.54) is 12.1 Å². The van der Waals surface area contributed by atoms with E-state index < -0.39 is 17.7 Å². The molecule has 0 aliphatic rings. The van der Waals surface area contributed by atoms with Gasteiger partial charge in [0.25, 0.3) is 0 Å². The first-order valence-electron chi connectivity index (χ1n) is 6.04. The summed E-state index contributed by atoms with van der Waals surface area (Å²) < 4.78 is 27.8. The maximum atomic E-state index is 14.0. The van der Waals surface area contributed by atoms with E-state index in [1.807, 2.05) is 0 Å². The number of nitrogens with two attached hydrogens (primary N) is 1. The third-order valence-corrected chi connectivity index (χ3v) is 3.74. The fraction of sp³-hybridized carbons (Fsp3) is 0.200. The van der Waals surface area contributed by atoms with E-state index in [0.717, 1.165) is 0 Å². The van der Waals surface area contributed by atoms with Crippen molar-refractivity contribution in [1.82, 2.24) is 0 Å². The summed E-state index contributed by atoms with van der Waals surface area (Å²) in [5, 5.41) is 0.972. The van der Waals surface area contributed by atoms with Gasteiger partial charge < -0.3 is 5.73 Å². The normalized spacial score (nSPS) is 12.5. The molecule has 2 rings (SSSR count). The van der Waals surface area contributed by atoms with E-state index >= 15 is 0 Å². The molecule has 1 unspecified atom stereocenters. The summed E-state index contributed by atoms with van der Waals surface area (Å²) >= 11 is 11.9. The van der Waals surface area contributed by atoms with Crippen molar-refractivity contribution >= 4 is 23.2 Å². The summed E-state index contributed by atoms with van der Waals surface area (Å²) in [7, 11) is 0. The van der Waals surface area contributed by atoms with Gasteiger partial charge in [0.15, 0.2) is 0 Å². The van der Waals surface area contributed by atoms with Crippen LogP contribution in [0.25, 0.3) is 0 Å². The van der Waals surface area contributed by atoms with Gasteiger partial charge in [0, 0.05) is 21.7 Å². The molecule has 2 N–H and O–H groups in total. The highest BCUT2D eigenvalue weighted by molar-refractivity contribution is 6.33. The first-order chi connectivity index (χ1) is 9.40. The van der Waals surface area contributed by atoms with E-state index in [9.17, 15) is 8.78 Å². The Morgan fingerprint density at radius 2 is 1.85 bits per heavy atom. The van der Waals surface area contributed by atoms with Gasteiger partial charge in [0.1, 0.15) is 11.6 Å². The molecule has 0 fully saturated rings. The zero-order valence-electron chi connectivity index (χ0n) is 10.8. The minimum atomic E-state index is -0.828. The lowest BCUT2D eigenvalue weighted by atomic mass is 9.97. The standard InChI is InChI=1S/C15H13Cl2F2N/c1-8-2-5-12(18)14(15(8)19)13(20)7-9-6-10(16)3-4-11(9)17/h2-6,13H,7,20H2,1H3. The van der Waals surface area contributed by atoms with Gasteiger partial charge in [0.05, 0.1) is 0 Å². The van der Waals surface area contributed by atoms with Crippen LogP contribution in [0.2, 0.25) is 10.0 Å². The Labute approximate surface area is 126 Å². The van der Waals surface area contributed by atoms with Gasteiger partial charge in [-0.2, -0.15) is 0 Å². The predicted octanol–water partition coefficient (Wildman–Crippen LogP) is 4.82. The van der Waals surface area contributed by atoms with Crippen LogP contribution in [-0.2, 0) is 6.42 Å². The van der Waals surface area contributed by atoms with E-state index in [0.29, 0.717) is 21.2 Å². The number of halogens is 4. The molecule has 0 aliphatic heterocycles. The molecule has 0 aliphatic carbocycles. The van der Waals surface area contributed by atoms with Crippen LogP contribution in [0.5, 0.6) is 0 Å². The van der Waals surface area contributed by atoms with E-state index in [4.69, 9.17) is 28.9 Å². The molecule has 5 heteroatoms. The predicted molar refractivity (Wildman–Crippen MR) is 78.2 cm³/mol. The molecule has 1 atom stereocenters. The van der Waals surface area contributed by atoms with E-state index in [1.54, 1.807) is 25.1 Å². The third kappa shape index (κ3) is 3.11. The zero-order chi connectivity index (χ0) is 14.9. The number of rotatable bonds is 3. The van der Waals surface area contributed by atoms with Crippen LogP contribution in [0.4, 0.5) is 8.78 Å². The summed E-state index contributed by atoms with van der Waals surface area (Å²) in [6.07, 6.45) is 0.205. The number of benzene rings is 2. The quantitative estimate of drug-likeness (QED) is 0.863. The van der Waals surface area contributed by atoms with Crippen molar-refractivity contribution in [2.24, 2.45) is 5.73 Å². The Kier molecular flexibility index (Phi) is 4.63. The molecule has 2 aromatic carbocycles. The van der Waals surface area contributed by atoms with Gasteiger partial charge >= 0.3 is 0 Å². The van der Waals surface area contributed by atoms with Crippen LogP contribution >= 0.6 is 23.2 Å². The second kappa shape index (κ2) is 6.08. The van der Waals surface area contributed by atoms with Crippen molar-refractivity contribution in [2.45, 2.75) is 19.4 Å². The van der Waals surface area contributed by atoms with Crippen LogP contribution in [0, 0.1) is 18.6 Å². The van der Waals surface area contributed by atoms with Crippen molar-refractivity contribution in [2.75, 3.05) is 0 Å². The minimum absolute atomic E-state index is 0.124. The fourth-order valence-electron chi connectivity index (χ4n) is 2.06. The lowest BCUT2D eigenvalue weighted by Crippen LogP contribution is -2.17. The fourth-order valence-corrected chi connectivity index (χ4v) is 2.45. The number of hydrogen-bond donors (Lipinski definition) is 1. The van der Waals surface area contributed by atoms with Crippen molar-refractivity contribution in [3.05, 3.63) is 68.7 Å². The summed E-state index contributed by atoms with van der Waals surface area (Å²) in [5.74, 6) is -1.27. The summed E-state index contributed by atoms with van der Waals surface area (Å²) in [4.78, 5) is 0. The van der Waals surface area contributed by atoms with Gasteiger partial charge in [-0.25, -0.2) is 8.78 Å². The van der Waals surface area contributed by atoms with Crippen molar-refractivity contribution in [3.63, 3.8) is 0 Å². The van der Waals surface area contributed by atoms with Crippen LogP contribution < -0.4 is 5.73 Å². The highest BCUT2D eigenvalue weighted by Gasteiger charge is 2.19. The maximum absolute atomic E-state index is 14.0. The molecule has 0 aromatic heterocycles. The minimum Gasteiger partial charge on any atom is -0.323 e. The smallest absolute Gasteiger partial charge is 0.133 e. The molecule has 2 aromatic rings. The molecule has 0 heterocycles. The molecule has 20 heavy (non-hydrogen) atoms. The highest BCUT2D eigenvalue weighted by atomic mass is 35.5. The lowest BCUT2D eigenvalue weighted by molar-refractivity contribution is 0.520. The van der Waals surface area contributed by atoms with Gasteiger partial charge in [-0.1, -0.05) is 29.3 Å². The van der Waals surface area contributed by atoms with Crippen LogP contribution in [0.3, 0.4) is 0 Å². The van der Waals surface area contributed by atoms with Crippen molar-refractivity contribution in [3.8, 4) is 0 Å². The van der Waals surface area contributed by atoms with Crippen LogP contribution in [0.15, 0.2) is 30.3 Å². The Bertz CT molecular complexity index is 644. The maximum Gasteiger partial charge on any atom is 0.133 e. The van der Waals surface area contributed by atoms with Gasteiger partial charge in [0.2, 0.25) is 0 Å². The second-order valence-electron chi connectivity index (χ2n) is 4.64. The second-order valence-corrected chi connectivity index (χ2v) is 5.48. The molecule has 0 saturated carbocycles. The molecule has 0 saturated heterocycles. The van der Waals surface area contributed by atoms with Gasteiger partial charge in [-0.3, -0.25) is 0 Å². The summed E-state index contributed by atoms with van der Waals surface area (Å²) in [6.45, 7) is 1.57. The summed E-state index contributed by atoms with van der Waals surface area (Å²) in [5.41, 5.74) is 6.83. The Balaban J connectivity index is 2.35. The van der Waals surface area contributed by atoms with Crippen molar-refractivity contribution in [1.29, 1.82) is 0 Å². The lowest BCUT2D eigenvalue weighted by Gasteiger charge is -2.16. The molecular weight excluding hydrogens is 303 g/mol. The molecule has 0 amide bonds. The SMILES string of the molecule is Cc1ccc(F)c(C(N)Cc2cc(Cl)ccc2Cl)c1F. The molecule has 1 nitrogen and oxygen atoms in total. The highest BCUT2D eigenvalue weighted by Crippen LogP contribution is 2.28. The first-order valence-corrected chi connectivity index (χ1v) is 6.79. The number of aryl methyl sites for hydroxylation is 1. The monoisotopic (exact) mass is 315 g/mol. The third-order valence-electron chi connectivity index (χ3n) is 3.14. The molecule has 0 radical (unpaired) electrons. The zero-order valence-corrected chi connectivity index (χ0v) is 12.3. The Morgan fingerprint density at radius 1 is 1.15 bits per heavy atom. The molecule has 0 bridgehead atoms. The van der Waals surface area contributed by atoms with Gasteiger partial charge in [-0.15, -0.1) is 0 Å². The average molecular weight is 316 g/mol. The van der Waals surface area contributed by atoms with E-state index in [-0.39, 0.29) is 12.0 Å². The average Bonchev–Trinajstić information content (AvgIpc) is 2.39. The molecule has 106 valence electrons. The molecule has 0 spiro atoms. The van der Waals surface area contributed by atoms with Crippen LogP contribution in [0.1, 0.15) is 22.7 Å². The first kappa shape index (κ1) is 15.2. The van der Waals surface area contributed by atoms with Gasteiger partial charge in [-0.05, 0) is 48.7 Å². The Morgan fingerprint density at radius 3 is 2.55 bits per heavy atom. The summed E-state index contributed by atoms with van der Waals surface area (Å²) in [6, 6.07) is 6.70. The largest absolute Gasteiger partial charge is 0.323 e. The van der Waals surface area contributed by atoms with Crippen molar-refractivity contribution < 1.29 is 8.78 Å².